The standard InChI is InChI=1S/C14H14N4O3/c1-2-3-9-15-14(19)13-8-10-17(16-13)11-4-6-12(7-5-11)18(20)21/h2,4-8,10H,1,3,9H2,(H,15,19). The summed E-state index contributed by atoms with van der Waals surface area (Å²) in [7, 11) is 0. The van der Waals surface area contributed by atoms with Gasteiger partial charge in [-0.15, -0.1) is 6.58 Å². The summed E-state index contributed by atoms with van der Waals surface area (Å²) < 4.78 is 1.49. The smallest absolute Gasteiger partial charge is 0.271 e. The topological polar surface area (TPSA) is 90.1 Å². The molecule has 0 spiro atoms. The van der Waals surface area contributed by atoms with Gasteiger partial charge in [-0.25, -0.2) is 4.68 Å². The third kappa shape index (κ3) is 3.53. The van der Waals surface area contributed by atoms with Crippen molar-refractivity contribution in [3.8, 4) is 5.69 Å². The number of benzene rings is 1. The first kappa shape index (κ1) is 14.4. The van der Waals surface area contributed by atoms with Crippen LogP contribution in [0.1, 0.15) is 16.9 Å². The summed E-state index contributed by atoms with van der Waals surface area (Å²) in [6, 6.07) is 7.52. The third-order valence-electron chi connectivity index (χ3n) is 2.78. The first-order valence-electron chi connectivity index (χ1n) is 6.31. The lowest BCUT2D eigenvalue weighted by atomic mass is 10.3. The highest BCUT2D eigenvalue weighted by Gasteiger charge is 2.10. The first-order valence-corrected chi connectivity index (χ1v) is 6.31. The molecule has 0 bridgehead atoms. The van der Waals surface area contributed by atoms with E-state index >= 15 is 0 Å². The molecule has 0 aliphatic rings. The minimum atomic E-state index is -0.467. The second-order valence-corrected chi connectivity index (χ2v) is 4.25. The Bertz CT molecular complexity index is 661. The Morgan fingerprint density at radius 3 is 2.71 bits per heavy atom. The number of rotatable bonds is 6. The summed E-state index contributed by atoms with van der Waals surface area (Å²) in [5, 5.41) is 17.4. The number of amides is 1. The summed E-state index contributed by atoms with van der Waals surface area (Å²) in [5.41, 5.74) is 0.941. The van der Waals surface area contributed by atoms with Gasteiger partial charge in [-0.2, -0.15) is 5.10 Å². The monoisotopic (exact) mass is 286 g/mol. The number of non-ortho nitro benzene ring substituents is 1. The molecule has 21 heavy (non-hydrogen) atoms. The summed E-state index contributed by atoms with van der Waals surface area (Å²) in [6.45, 7) is 4.08. The summed E-state index contributed by atoms with van der Waals surface area (Å²) in [4.78, 5) is 21.9. The van der Waals surface area contributed by atoms with Gasteiger partial charge < -0.3 is 5.32 Å². The van der Waals surface area contributed by atoms with Gasteiger partial charge >= 0.3 is 0 Å². The molecular formula is C14H14N4O3. The normalized spacial score (nSPS) is 10.1. The van der Waals surface area contributed by atoms with E-state index in [2.05, 4.69) is 17.0 Å². The zero-order valence-electron chi connectivity index (χ0n) is 11.2. The van der Waals surface area contributed by atoms with Crippen LogP contribution in [0.2, 0.25) is 0 Å². The van der Waals surface area contributed by atoms with Crippen molar-refractivity contribution in [3.63, 3.8) is 0 Å². The van der Waals surface area contributed by atoms with Crippen molar-refractivity contribution < 1.29 is 9.72 Å². The Hall–Kier alpha value is -2.96. The zero-order valence-corrected chi connectivity index (χ0v) is 11.2. The molecule has 0 unspecified atom stereocenters. The van der Waals surface area contributed by atoms with Crippen molar-refractivity contribution in [1.82, 2.24) is 15.1 Å². The molecule has 1 amide bonds. The van der Waals surface area contributed by atoms with Crippen LogP contribution >= 0.6 is 0 Å². The van der Waals surface area contributed by atoms with Gasteiger partial charge in [-0.1, -0.05) is 6.08 Å². The second-order valence-electron chi connectivity index (χ2n) is 4.25. The van der Waals surface area contributed by atoms with Gasteiger partial charge in [-0.05, 0) is 24.6 Å². The van der Waals surface area contributed by atoms with E-state index in [-0.39, 0.29) is 17.3 Å². The van der Waals surface area contributed by atoms with E-state index in [1.165, 1.54) is 16.8 Å². The molecule has 1 heterocycles. The molecule has 2 aromatic rings. The lowest BCUT2D eigenvalue weighted by molar-refractivity contribution is -0.384. The van der Waals surface area contributed by atoms with Gasteiger partial charge in [0, 0.05) is 24.9 Å². The van der Waals surface area contributed by atoms with Gasteiger partial charge in [0.05, 0.1) is 10.6 Å². The number of aromatic nitrogens is 2. The number of nitro groups is 1. The molecule has 1 aromatic carbocycles. The van der Waals surface area contributed by atoms with Crippen LogP contribution in [0.5, 0.6) is 0 Å². The molecule has 2 rings (SSSR count). The molecule has 0 atom stereocenters. The van der Waals surface area contributed by atoms with Crippen molar-refractivity contribution in [1.29, 1.82) is 0 Å². The second kappa shape index (κ2) is 6.47. The van der Waals surface area contributed by atoms with Crippen LogP contribution in [0, 0.1) is 10.1 Å². The lowest BCUT2D eigenvalue weighted by Crippen LogP contribution is -2.24. The predicted molar refractivity (Wildman–Crippen MR) is 77.4 cm³/mol. The maximum absolute atomic E-state index is 11.8. The first-order chi connectivity index (χ1) is 10.1. The number of hydrogen-bond acceptors (Lipinski definition) is 4. The van der Waals surface area contributed by atoms with Gasteiger partial charge in [0.2, 0.25) is 0 Å². The average Bonchev–Trinajstić information content (AvgIpc) is 2.97. The predicted octanol–water partition coefficient (Wildman–Crippen LogP) is 2.09. The Morgan fingerprint density at radius 2 is 2.10 bits per heavy atom. The number of nitro benzene ring substituents is 1. The number of carbonyl (C=O) groups excluding carboxylic acids is 1. The molecular weight excluding hydrogens is 272 g/mol. The fraction of sp³-hybridized carbons (Fsp3) is 0.143. The van der Waals surface area contributed by atoms with Crippen LogP contribution in [0.4, 0.5) is 5.69 Å². The van der Waals surface area contributed by atoms with E-state index < -0.39 is 4.92 Å². The summed E-state index contributed by atoms with van der Waals surface area (Å²) >= 11 is 0. The van der Waals surface area contributed by atoms with E-state index in [1.54, 1.807) is 30.5 Å². The highest BCUT2D eigenvalue weighted by Crippen LogP contribution is 2.14. The highest BCUT2D eigenvalue weighted by molar-refractivity contribution is 5.92. The molecule has 0 aliphatic heterocycles. The van der Waals surface area contributed by atoms with Crippen LogP contribution in [-0.2, 0) is 0 Å². The largest absolute Gasteiger partial charge is 0.350 e. The van der Waals surface area contributed by atoms with E-state index in [1.807, 2.05) is 0 Å². The summed E-state index contributed by atoms with van der Waals surface area (Å²) in [6.07, 6.45) is 4.04. The fourth-order valence-corrected chi connectivity index (χ4v) is 1.69. The maximum Gasteiger partial charge on any atom is 0.271 e. The van der Waals surface area contributed by atoms with Crippen molar-refractivity contribution in [2.75, 3.05) is 6.54 Å². The van der Waals surface area contributed by atoms with E-state index in [4.69, 9.17) is 0 Å². The number of carbonyl (C=O) groups is 1. The molecule has 7 heteroatoms. The van der Waals surface area contributed by atoms with Crippen molar-refractivity contribution in [2.24, 2.45) is 0 Å². The van der Waals surface area contributed by atoms with E-state index in [0.717, 1.165) is 0 Å². The molecule has 0 saturated carbocycles. The third-order valence-corrected chi connectivity index (χ3v) is 2.78. The van der Waals surface area contributed by atoms with Gasteiger partial charge in [0.25, 0.3) is 11.6 Å². The van der Waals surface area contributed by atoms with E-state index in [0.29, 0.717) is 18.7 Å². The Labute approximate surface area is 121 Å². The Morgan fingerprint density at radius 1 is 1.38 bits per heavy atom. The number of hydrogen-bond donors (Lipinski definition) is 1. The van der Waals surface area contributed by atoms with Crippen molar-refractivity contribution >= 4 is 11.6 Å². The molecule has 0 radical (unpaired) electrons. The quantitative estimate of drug-likeness (QED) is 0.381. The molecule has 1 aromatic heterocycles. The molecule has 108 valence electrons. The molecule has 1 N–H and O–H groups in total. The average molecular weight is 286 g/mol. The van der Waals surface area contributed by atoms with Crippen molar-refractivity contribution in [2.45, 2.75) is 6.42 Å². The fourth-order valence-electron chi connectivity index (χ4n) is 1.69. The number of nitrogens with zero attached hydrogens (tertiary/aromatic N) is 3. The lowest BCUT2D eigenvalue weighted by Gasteiger charge is -2.01. The number of nitrogens with one attached hydrogen (secondary N) is 1. The van der Waals surface area contributed by atoms with E-state index in [9.17, 15) is 14.9 Å². The van der Waals surface area contributed by atoms with Crippen LogP contribution in [-0.4, -0.2) is 27.2 Å². The minimum absolute atomic E-state index is 0.00768. The van der Waals surface area contributed by atoms with Crippen LogP contribution < -0.4 is 5.32 Å². The van der Waals surface area contributed by atoms with Gasteiger partial charge in [-0.3, -0.25) is 14.9 Å². The molecule has 0 fully saturated rings. The summed E-state index contributed by atoms with van der Waals surface area (Å²) in [5.74, 6) is -0.266. The Balaban J connectivity index is 2.10. The Kier molecular flexibility index (Phi) is 4.45. The molecule has 0 aliphatic carbocycles. The van der Waals surface area contributed by atoms with Crippen LogP contribution in [0.25, 0.3) is 5.69 Å². The highest BCUT2D eigenvalue weighted by atomic mass is 16.6. The van der Waals surface area contributed by atoms with Gasteiger partial charge in [0.15, 0.2) is 5.69 Å². The maximum atomic E-state index is 11.8. The zero-order chi connectivity index (χ0) is 15.2. The SMILES string of the molecule is C=CCCNC(=O)c1ccn(-c2ccc([N+](=O)[O-])cc2)n1. The van der Waals surface area contributed by atoms with Crippen molar-refractivity contribution in [3.05, 3.63) is 65.0 Å². The molecule has 0 saturated heterocycles. The van der Waals surface area contributed by atoms with Crippen LogP contribution in [0.3, 0.4) is 0 Å². The molecule has 7 nitrogen and oxygen atoms in total. The minimum Gasteiger partial charge on any atom is -0.350 e. The van der Waals surface area contributed by atoms with Crippen LogP contribution in [0.15, 0.2) is 49.2 Å². The van der Waals surface area contributed by atoms with Gasteiger partial charge in [0.1, 0.15) is 0 Å².